The van der Waals surface area contributed by atoms with Crippen molar-refractivity contribution in [1.29, 1.82) is 0 Å². The van der Waals surface area contributed by atoms with Crippen molar-refractivity contribution in [3.8, 4) is 11.3 Å². The van der Waals surface area contributed by atoms with E-state index in [1.807, 2.05) is 29.1 Å². The summed E-state index contributed by atoms with van der Waals surface area (Å²) in [5.41, 5.74) is 0.492. The van der Waals surface area contributed by atoms with E-state index in [0.717, 1.165) is 31.2 Å². The molecule has 0 saturated heterocycles. The van der Waals surface area contributed by atoms with Gasteiger partial charge < -0.3 is 15.1 Å². The lowest BCUT2D eigenvalue weighted by Gasteiger charge is -2.25. The number of halogens is 1. The molecule has 3 aromatic rings. The Balaban J connectivity index is 1.32. The van der Waals surface area contributed by atoms with Gasteiger partial charge in [0.15, 0.2) is 0 Å². The van der Waals surface area contributed by atoms with Crippen LogP contribution >= 0.6 is 0 Å². The molecule has 0 spiro atoms. The lowest BCUT2D eigenvalue weighted by Crippen LogP contribution is -2.35. The summed E-state index contributed by atoms with van der Waals surface area (Å²) in [6.07, 6.45) is 1.81. The van der Waals surface area contributed by atoms with Crippen LogP contribution in [-0.4, -0.2) is 22.9 Å². The number of fused-ring (bicyclic) bond motifs is 1. The van der Waals surface area contributed by atoms with Gasteiger partial charge in [-0.3, -0.25) is 0 Å². The first-order chi connectivity index (χ1) is 11.8. The van der Waals surface area contributed by atoms with Crippen LogP contribution in [0.15, 0.2) is 53.1 Å². The molecule has 3 heterocycles. The highest BCUT2D eigenvalue weighted by Crippen LogP contribution is 2.24. The highest BCUT2D eigenvalue weighted by atomic mass is 19.1. The van der Waals surface area contributed by atoms with Gasteiger partial charge in [0.25, 0.3) is 0 Å². The molecule has 1 unspecified atom stereocenters. The minimum atomic E-state index is -0.269. The second kappa shape index (κ2) is 6.49. The summed E-state index contributed by atoms with van der Waals surface area (Å²) in [6, 6.07) is 12.3. The maximum Gasteiger partial charge on any atom is 0.137 e. The van der Waals surface area contributed by atoms with E-state index in [1.165, 1.54) is 6.07 Å². The third-order valence-electron chi connectivity index (χ3n) is 4.25. The number of anilines is 1. The normalized spacial score (nSPS) is 16.6. The Labute approximate surface area is 139 Å². The van der Waals surface area contributed by atoms with Crippen molar-refractivity contribution in [3.63, 3.8) is 0 Å². The molecular formula is C18H19FN4O. The van der Waals surface area contributed by atoms with Crippen molar-refractivity contribution >= 4 is 5.82 Å². The second-order valence-corrected chi connectivity index (χ2v) is 6.02. The standard InChI is InChI=1S/C18H19FN4O/c19-16-4-2-1-3-15(16)17-6-5-14(24-17)11-20-9-13-10-21-18-7-8-22-23(18)12-13/h1-8,13,20-21H,9-12H2. The molecule has 0 radical (unpaired) electrons. The van der Waals surface area contributed by atoms with Crippen LogP contribution in [0.25, 0.3) is 11.3 Å². The van der Waals surface area contributed by atoms with E-state index in [9.17, 15) is 4.39 Å². The molecule has 0 amide bonds. The van der Waals surface area contributed by atoms with Gasteiger partial charge in [-0.2, -0.15) is 5.10 Å². The SMILES string of the molecule is Fc1ccccc1-c1ccc(CNCC2CNc3ccnn3C2)o1. The summed E-state index contributed by atoms with van der Waals surface area (Å²) in [5.74, 6) is 2.64. The van der Waals surface area contributed by atoms with Gasteiger partial charge in [0.1, 0.15) is 23.2 Å². The van der Waals surface area contributed by atoms with Crippen LogP contribution in [-0.2, 0) is 13.1 Å². The average molecular weight is 326 g/mol. The third-order valence-corrected chi connectivity index (χ3v) is 4.25. The van der Waals surface area contributed by atoms with Crippen molar-refractivity contribution < 1.29 is 8.81 Å². The first kappa shape index (κ1) is 15.0. The Kier molecular flexibility index (Phi) is 4.04. The molecular weight excluding hydrogens is 307 g/mol. The zero-order chi connectivity index (χ0) is 16.4. The molecule has 5 nitrogen and oxygen atoms in total. The lowest BCUT2D eigenvalue weighted by atomic mass is 10.1. The lowest BCUT2D eigenvalue weighted by molar-refractivity contribution is 0.382. The summed E-state index contributed by atoms with van der Waals surface area (Å²) in [7, 11) is 0. The summed E-state index contributed by atoms with van der Waals surface area (Å²) in [4.78, 5) is 0. The van der Waals surface area contributed by atoms with Crippen LogP contribution in [0.1, 0.15) is 5.76 Å². The largest absolute Gasteiger partial charge is 0.460 e. The molecule has 1 atom stereocenters. The Bertz CT molecular complexity index is 826. The molecule has 0 saturated carbocycles. The summed E-state index contributed by atoms with van der Waals surface area (Å²) in [5, 5.41) is 11.1. The van der Waals surface area contributed by atoms with Crippen LogP contribution in [0.4, 0.5) is 10.2 Å². The first-order valence-electron chi connectivity index (χ1n) is 8.09. The number of nitrogens with one attached hydrogen (secondary N) is 2. The Morgan fingerprint density at radius 2 is 2.17 bits per heavy atom. The zero-order valence-corrected chi connectivity index (χ0v) is 13.2. The fourth-order valence-corrected chi connectivity index (χ4v) is 3.00. The van der Waals surface area contributed by atoms with E-state index in [0.29, 0.717) is 23.8 Å². The van der Waals surface area contributed by atoms with Gasteiger partial charge in [-0.1, -0.05) is 12.1 Å². The molecule has 2 aromatic heterocycles. The topological polar surface area (TPSA) is 55.0 Å². The first-order valence-corrected chi connectivity index (χ1v) is 8.09. The number of hydrogen-bond donors (Lipinski definition) is 2. The van der Waals surface area contributed by atoms with Crippen molar-refractivity contribution in [2.24, 2.45) is 5.92 Å². The van der Waals surface area contributed by atoms with E-state index in [1.54, 1.807) is 18.2 Å². The number of furan rings is 1. The number of nitrogens with zero attached hydrogens (tertiary/aromatic N) is 2. The van der Waals surface area contributed by atoms with Crippen LogP contribution in [0.2, 0.25) is 0 Å². The van der Waals surface area contributed by atoms with Crippen LogP contribution in [0.5, 0.6) is 0 Å². The molecule has 124 valence electrons. The highest BCUT2D eigenvalue weighted by molar-refractivity contribution is 5.58. The monoisotopic (exact) mass is 326 g/mol. The summed E-state index contributed by atoms with van der Waals surface area (Å²) >= 11 is 0. The molecule has 0 fully saturated rings. The predicted molar refractivity (Wildman–Crippen MR) is 90.0 cm³/mol. The third kappa shape index (κ3) is 3.05. The fraction of sp³-hybridized carbons (Fsp3) is 0.278. The molecule has 1 aliphatic rings. The van der Waals surface area contributed by atoms with Crippen LogP contribution in [0.3, 0.4) is 0 Å². The molecule has 0 bridgehead atoms. The molecule has 6 heteroatoms. The Morgan fingerprint density at radius 1 is 1.25 bits per heavy atom. The predicted octanol–water partition coefficient (Wildman–Crippen LogP) is 3.11. The Hall–Kier alpha value is -2.60. The van der Waals surface area contributed by atoms with Crippen molar-refractivity contribution in [1.82, 2.24) is 15.1 Å². The molecule has 24 heavy (non-hydrogen) atoms. The molecule has 1 aromatic carbocycles. The summed E-state index contributed by atoms with van der Waals surface area (Å²) in [6.45, 7) is 3.32. The molecule has 1 aliphatic heterocycles. The second-order valence-electron chi connectivity index (χ2n) is 6.02. The Morgan fingerprint density at radius 3 is 3.08 bits per heavy atom. The average Bonchev–Trinajstić information content (AvgIpc) is 3.24. The zero-order valence-electron chi connectivity index (χ0n) is 13.2. The molecule has 4 rings (SSSR count). The van der Waals surface area contributed by atoms with Crippen molar-refractivity contribution in [2.45, 2.75) is 13.1 Å². The van der Waals surface area contributed by atoms with E-state index in [-0.39, 0.29) is 5.82 Å². The van der Waals surface area contributed by atoms with Gasteiger partial charge in [0.2, 0.25) is 0 Å². The smallest absolute Gasteiger partial charge is 0.137 e. The van der Waals surface area contributed by atoms with Gasteiger partial charge in [-0.05, 0) is 24.3 Å². The van der Waals surface area contributed by atoms with E-state index in [4.69, 9.17) is 4.42 Å². The number of aromatic nitrogens is 2. The number of hydrogen-bond acceptors (Lipinski definition) is 4. The summed E-state index contributed by atoms with van der Waals surface area (Å²) < 4.78 is 21.5. The minimum absolute atomic E-state index is 0.269. The van der Waals surface area contributed by atoms with E-state index < -0.39 is 0 Å². The number of rotatable bonds is 5. The number of benzene rings is 1. The van der Waals surface area contributed by atoms with Gasteiger partial charge >= 0.3 is 0 Å². The molecule has 0 aliphatic carbocycles. The van der Waals surface area contributed by atoms with Gasteiger partial charge in [-0.15, -0.1) is 0 Å². The minimum Gasteiger partial charge on any atom is -0.460 e. The maximum atomic E-state index is 13.8. The van der Waals surface area contributed by atoms with E-state index >= 15 is 0 Å². The highest BCUT2D eigenvalue weighted by Gasteiger charge is 2.18. The van der Waals surface area contributed by atoms with Crippen molar-refractivity contribution in [3.05, 3.63) is 60.2 Å². The van der Waals surface area contributed by atoms with E-state index in [2.05, 4.69) is 15.7 Å². The van der Waals surface area contributed by atoms with Crippen LogP contribution < -0.4 is 10.6 Å². The van der Waals surface area contributed by atoms with Crippen molar-refractivity contribution in [2.75, 3.05) is 18.4 Å². The molecule has 2 N–H and O–H groups in total. The van der Waals surface area contributed by atoms with Crippen LogP contribution in [0, 0.1) is 11.7 Å². The quantitative estimate of drug-likeness (QED) is 0.756. The van der Waals surface area contributed by atoms with Gasteiger partial charge in [0, 0.05) is 31.6 Å². The maximum absolute atomic E-state index is 13.8. The van der Waals surface area contributed by atoms with Gasteiger partial charge in [-0.25, -0.2) is 9.07 Å². The van der Waals surface area contributed by atoms with Gasteiger partial charge in [0.05, 0.1) is 18.3 Å². The fourth-order valence-electron chi connectivity index (χ4n) is 3.00.